The zero-order valence-corrected chi connectivity index (χ0v) is 14.9. The first-order valence-electron chi connectivity index (χ1n) is 8.61. The second-order valence-corrected chi connectivity index (χ2v) is 9.30. The maximum absolute atomic E-state index is 5.56. The molecule has 3 aliphatic heterocycles. The summed E-state index contributed by atoms with van der Waals surface area (Å²) in [5.41, 5.74) is 0. The number of hydrogen-bond donors (Lipinski definition) is 0. The van der Waals surface area contributed by atoms with Crippen molar-refractivity contribution in [3.8, 4) is 0 Å². The van der Waals surface area contributed by atoms with E-state index in [0.29, 0.717) is 4.08 Å². The Morgan fingerprint density at radius 3 is 1.64 bits per heavy atom. The van der Waals surface area contributed by atoms with E-state index in [1.54, 1.807) is 0 Å². The van der Waals surface area contributed by atoms with Gasteiger partial charge in [-0.3, -0.25) is 0 Å². The van der Waals surface area contributed by atoms with Crippen LogP contribution in [-0.4, -0.2) is 54.6 Å². The molecule has 3 aliphatic rings. The van der Waals surface area contributed by atoms with E-state index in [9.17, 15) is 0 Å². The number of rotatable bonds is 8. The van der Waals surface area contributed by atoms with E-state index in [0.717, 1.165) is 39.3 Å². The second kappa shape index (κ2) is 9.14. The molecule has 0 saturated carbocycles. The van der Waals surface area contributed by atoms with Crippen LogP contribution in [0.3, 0.4) is 0 Å². The molecule has 0 aromatic heterocycles. The van der Waals surface area contributed by atoms with Crippen LogP contribution < -0.4 is 0 Å². The average Bonchev–Trinajstić information content (AvgIpc) is 3.22. The number of hydrogen-bond acceptors (Lipinski definition) is 6. The van der Waals surface area contributed by atoms with E-state index in [-0.39, 0.29) is 12.6 Å². The van der Waals surface area contributed by atoms with Gasteiger partial charge in [-0.25, -0.2) is 0 Å². The predicted octanol–water partition coefficient (Wildman–Crippen LogP) is 3.64. The van der Waals surface area contributed by atoms with Crippen LogP contribution in [0.1, 0.15) is 44.9 Å². The molecule has 0 radical (unpaired) electrons. The molecule has 0 aliphatic carbocycles. The minimum absolute atomic E-state index is 0.0518. The monoisotopic (exact) mass is 348 g/mol. The van der Waals surface area contributed by atoms with Crippen molar-refractivity contribution < 1.29 is 18.9 Å². The summed E-state index contributed by atoms with van der Waals surface area (Å²) in [5.74, 6) is 2.61. The van der Waals surface area contributed by atoms with Crippen LogP contribution in [0.5, 0.6) is 0 Å². The highest BCUT2D eigenvalue weighted by molar-refractivity contribution is 8.18. The molecule has 3 saturated heterocycles. The summed E-state index contributed by atoms with van der Waals surface area (Å²) in [6.45, 7) is 3.06. The first-order valence-corrected chi connectivity index (χ1v) is 10.6. The molecule has 4 nitrogen and oxygen atoms in total. The van der Waals surface area contributed by atoms with E-state index in [4.69, 9.17) is 18.9 Å². The van der Waals surface area contributed by atoms with E-state index in [1.807, 2.05) is 0 Å². The van der Waals surface area contributed by atoms with Gasteiger partial charge in [-0.15, -0.1) is 23.5 Å². The van der Waals surface area contributed by atoms with Gasteiger partial charge in [-0.05, 0) is 56.5 Å². The minimum atomic E-state index is 0.0518. The van der Waals surface area contributed by atoms with E-state index in [2.05, 4.69) is 23.5 Å². The maximum Gasteiger partial charge on any atom is 0.157 e. The molecular formula is C16H28O4S2. The van der Waals surface area contributed by atoms with Gasteiger partial charge in [0.15, 0.2) is 12.6 Å². The van der Waals surface area contributed by atoms with Gasteiger partial charge in [0.25, 0.3) is 0 Å². The van der Waals surface area contributed by atoms with Crippen molar-refractivity contribution in [1.29, 1.82) is 0 Å². The first-order chi connectivity index (χ1) is 10.9. The van der Waals surface area contributed by atoms with Crippen LogP contribution in [0, 0.1) is 0 Å². The van der Waals surface area contributed by atoms with Gasteiger partial charge in [0.1, 0.15) is 0 Å². The Labute approximate surface area is 142 Å². The molecule has 0 spiro atoms. The molecule has 0 atom stereocenters. The second-order valence-electron chi connectivity index (χ2n) is 6.09. The molecule has 0 aromatic rings. The fraction of sp³-hybridized carbons (Fsp3) is 1.00. The smallest absolute Gasteiger partial charge is 0.157 e. The van der Waals surface area contributed by atoms with Gasteiger partial charge >= 0.3 is 0 Å². The lowest BCUT2D eigenvalue weighted by Crippen LogP contribution is -2.26. The molecule has 0 bridgehead atoms. The highest BCUT2D eigenvalue weighted by Crippen LogP contribution is 2.49. The molecule has 128 valence electrons. The standard InChI is InChI=1S/C16H28O4S2/c1(4-14-17-8-9-18-14)6-16(21-12-3-13-22-16)7-2-5-15-19-10-11-20-15/h14-15H,1-13H2. The fourth-order valence-electron chi connectivity index (χ4n) is 3.25. The predicted molar refractivity (Wildman–Crippen MR) is 91.4 cm³/mol. The Balaban J connectivity index is 1.40. The highest BCUT2D eigenvalue weighted by Gasteiger charge is 2.33. The molecule has 3 fully saturated rings. The summed E-state index contributed by atoms with van der Waals surface area (Å²) in [7, 11) is 0. The van der Waals surface area contributed by atoms with Crippen molar-refractivity contribution in [1.82, 2.24) is 0 Å². The third-order valence-corrected chi connectivity index (χ3v) is 7.96. The molecule has 3 rings (SSSR count). The number of ether oxygens (including phenoxy) is 4. The Bertz CT molecular complexity index is 287. The lowest BCUT2D eigenvalue weighted by Gasteiger charge is -2.36. The van der Waals surface area contributed by atoms with Crippen LogP contribution >= 0.6 is 23.5 Å². The normalized spacial score (nSPS) is 26.7. The summed E-state index contributed by atoms with van der Waals surface area (Å²) in [4.78, 5) is 0. The van der Waals surface area contributed by atoms with Gasteiger partial charge in [-0.2, -0.15) is 0 Å². The third-order valence-electron chi connectivity index (χ3n) is 4.40. The summed E-state index contributed by atoms with van der Waals surface area (Å²) in [5, 5.41) is 0. The van der Waals surface area contributed by atoms with Gasteiger partial charge in [-0.1, -0.05) is 0 Å². The summed E-state index contributed by atoms with van der Waals surface area (Å²) < 4.78 is 22.6. The van der Waals surface area contributed by atoms with Crippen LogP contribution in [0.2, 0.25) is 0 Å². The summed E-state index contributed by atoms with van der Waals surface area (Å²) >= 11 is 4.35. The zero-order chi connectivity index (χ0) is 15.1. The van der Waals surface area contributed by atoms with Gasteiger partial charge in [0.2, 0.25) is 0 Å². The van der Waals surface area contributed by atoms with Crippen LogP contribution in [-0.2, 0) is 18.9 Å². The first kappa shape index (κ1) is 17.4. The van der Waals surface area contributed by atoms with Crippen molar-refractivity contribution in [2.75, 3.05) is 37.9 Å². The van der Waals surface area contributed by atoms with Crippen molar-refractivity contribution in [2.24, 2.45) is 0 Å². The van der Waals surface area contributed by atoms with Crippen molar-refractivity contribution >= 4 is 23.5 Å². The van der Waals surface area contributed by atoms with E-state index >= 15 is 0 Å². The fourth-order valence-corrected chi connectivity index (χ4v) is 6.75. The Morgan fingerprint density at radius 1 is 0.727 bits per heavy atom. The average molecular weight is 349 g/mol. The van der Waals surface area contributed by atoms with Crippen molar-refractivity contribution in [3.63, 3.8) is 0 Å². The van der Waals surface area contributed by atoms with Crippen LogP contribution in [0.4, 0.5) is 0 Å². The summed E-state index contributed by atoms with van der Waals surface area (Å²) in [6.07, 6.45) is 8.45. The molecule has 0 N–H and O–H groups in total. The van der Waals surface area contributed by atoms with Crippen LogP contribution in [0.25, 0.3) is 0 Å². The molecular weight excluding hydrogens is 320 g/mol. The molecule has 3 heterocycles. The lowest BCUT2D eigenvalue weighted by molar-refractivity contribution is -0.0489. The number of thioether (sulfide) groups is 2. The lowest BCUT2D eigenvalue weighted by atomic mass is 10.1. The van der Waals surface area contributed by atoms with Crippen molar-refractivity contribution in [3.05, 3.63) is 0 Å². The quantitative estimate of drug-likeness (QED) is 0.667. The molecule has 0 unspecified atom stereocenters. The maximum atomic E-state index is 5.56. The van der Waals surface area contributed by atoms with Gasteiger partial charge in [0, 0.05) is 0 Å². The summed E-state index contributed by atoms with van der Waals surface area (Å²) in [6, 6.07) is 0. The van der Waals surface area contributed by atoms with Gasteiger partial charge in [0.05, 0.1) is 30.5 Å². The Kier molecular flexibility index (Phi) is 7.21. The minimum Gasteiger partial charge on any atom is -0.350 e. The Hall–Kier alpha value is 0.540. The SMILES string of the molecule is C1CSC(CCCC2OCCO2)(CCCC2OCCO2)SC1. The topological polar surface area (TPSA) is 36.9 Å². The highest BCUT2D eigenvalue weighted by atomic mass is 32.2. The molecule has 6 heteroatoms. The van der Waals surface area contributed by atoms with Crippen molar-refractivity contribution in [2.45, 2.75) is 61.6 Å². The Morgan fingerprint density at radius 2 is 1.18 bits per heavy atom. The van der Waals surface area contributed by atoms with Crippen LogP contribution in [0.15, 0.2) is 0 Å². The molecule has 0 amide bonds. The van der Waals surface area contributed by atoms with E-state index in [1.165, 1.54) is 43.6 Å². The van der Waals surface area contributed by atoms with Gasteiger partial charge < -0.3 is 18.9 Å². The molecule has 22 heavy (non-hydrogen) atoms. The molecule has 0 aromatic carbocycles. The largest absolute Gasteiger partial charge is 0.350 e. The van der Waals surface area contributed by atoms with E-state index < -0.39 is 0 Å². The zero-order valence-electron chi connectivity index (χ0n) is 13.3. The third kappa shape index (κ3) is 5.28.